The maximum absolute atomic E-state index is 10.6. The lowest BCUT2D eigenvalue weighted by atomic mass is 10.1. The predicted octanol–water partition coefficient (Wildman–Crippen LogP) is 1.21. The molecule has 0 spiro atoms. The molecular weight excluding hydrogens is 180 g/mol. The van der Waals surface area contributed by atoms with E-state index in [9.17, 15) is 10.1 Å². The van der Waals surface area contributed by atoms with E-state index in [1.165, 1.54) is 6.07 Å². The van der Waals surface area contributed by atoms with Crippen LogP contribution in [-0.2, 0) is 0 Å². The van der Waals surface area contributed by atoms with Gasteiger partial charge in [0.05, 0.1) is 11.5 Å². The highest BCUT2D eigenvalue weighted by Gasteiger charge is 2.09. The Bertz CT molecular complexity index is 416. The SMILES string of the molecule is Cc1ccc(C#CCN)cc1[N+](=O)[O-]. The van der Waals surface area contributed by atoms with Gasteiger partial charge in [-0.3, -0.25) is 10.1 Å². The number of nitro benzene ring substituents is 1. The van der Waals surface area contributed by atoms with Crippen LogP contribution in [0.15, 0.2) is 18.2 Å². The molecule has 1 aromatic rings. The molecule has 2 N–H and O–H groups in total. The smallest absolute Gasteiger partial charge is 0.273 e. The fourth-order valence-corrected chi connectivity index (χ4v) is 1.04. The Morgan fingerprint density at radius 3 is 2.86 bits per heavy atom. The van der Waals surface area contributed by atoms with Crippen molar-refractivity contribution in [2.75, 3.05) is 6.54 Å². The molecular formula is C10H10N2O2. The van der Waals surface area contributed by atoms with Gasteiger partial charge in [-0.05, 0) is 13.0 Å². The summed E-state index contributed by atoms with van der Waals surface area (Å²) in [5.41, 5.74) is 6.54. The number of nitrogens with two attached hydrogens (primary N) is 1. The van der Waals surface area contributed by atoms with Crippen LogP contribution in [0.1, 0.15) is 11.1 Å². The van der Waals surface area contributed by atoms with Crippen LogP contribution < -0.4 is 5.73 Å². The minimum atomic E-state index is -0.414. The summed E-state index contributed by atoms with van der Waals surface area (Å²) in [5, 5.41) is 10.6. The maximum Gasteiger partial charge on any atom is 0.273 e. The van der Waals surface area contributed by atoms with Crippen molar-refractivity contribution in [2.45, 2.75) is 6.92 Å². The van der Waals surface area contributed by atoms with Gasteiger partial charge >= 0.3 is 0 Å². The zero-order valence-corrected chi connectivity index (χ0v) is 7.78. The molecule has 0 aliphatic rings. The summed E-state index contributed by atoms with van der Waals surface area (Å²) in [5.74, 6) is 5.39. The average molecular weight is 190 g/mol. The van der Waals surface area contributed by atoms with Gasteiger partial charge in [-0.15, -0.1) is 0 Å². The Hall–Kier alpha value is -1.86. The molecule has 0 aromatic heterocycles. The lowest BCUT2D eigenvalue weighted by Gasteiger charge is -1.96. The molecule has 0 saturated carbocycles. The molecule has 0 saturated heterocycles. The summed E-state index contributed by atoms with van der Waals surface area (Å²) < 4.78 is 0. The van der Waals surface area contributed by atoms with Crippen molar-refractivity contribution in [1.82, 2.24) is 0 Å². The van der Waals surface area contributed by atoms with Crippen LogP contribution in [0.5, 0.6) is 0 Å². The summed E-state index contributed by atoms with van der Waals surface area (Å²) >= 11 is 0. The number of aryl methyl sites for hydroxylation is 1. The van der Waals surface area contributed by atoms with Crippen molar-refractivity contribution in [2.24, 2.45) is 5.73 Å². The Kier molecular flexibility index (Phi) is 3.21. The third kappa shape index (κ3) is 2.31. The molecule has 1 rings (SSSR count). The lowest BCUT2D eigenvalue weighted by Crippen LogP contribution is -1.94. The summed E-state index contributed by atoms with van der Waals surface area (Å²) in [6.45, 7) is 1.94. The molecule has 0 unspecified atom stereocenters. The number of rotatable bonds is 1. The molecule has 0 atom stereocenters. The molecule has 0 radical (unpaired) electrons. The van der Waals surface area contributed by atoms with Crippen molar-refractivity contribution in [3.63, 3.8) is 0 Å². The number of hydrogen-bond acceptors (Lipinski definition) is 3. The van der Waals surface area contributed by atoms with Crippen molar-refractivity contribution in [3.05, 3.63) is 39.4 Å². The molecule has 72 valence electrons. The van der Waals surface area contributed by atoms with E-state index in [4.69, 9.17) is 5.73 Å². The quantitative estimate of drug-likeness (QED) is 0.411. The van der Waals surface area contributed by atoms with Gasteiger partial charge in [0, 0.05) is 17.2 Å². The van der Waals surface area contributed by atoms with Gasteiger partial charge in [0.1, 0.15) is 0 Å². The van der Waals surface area contributed by atoms with E-state index in [2.05, 4.69) is 11.8 Å². The molecule has 0 aliphatic heterocycles. The third-order valence-electron chi connectivity index (χ3n) is 1.74. The zero-order valence-electron chi connectivity index (χ0n) is 7.78. The van der Waals surface area contributed by atoms with Gasteiger partial charge in [0.2, 0.25) is 0 Å². The van der Waals surface area contributed by atoms with Crippen LogP contribution in [0.3, 0.4) is 0 Å². The van der Waals surface area contributed by atoms with Crippen LogP contribution in [0.4, 0.5) is 5.69 Å². The van der Waals surface area contributed by atoms with Crippen LogP contribution >= 0.6 is 0 Å². The number of nitro groups is 1. The first-order valence-corrected chi connectivity index (χ1v) is 4.09. The summed E-state index contributed by atoms with van der Waals surface area (Å²) in [6.07, 6.45) is 0. The molecule has 0 aliphatic carbocycles. The van der Waals surface area contributed by atoms with E-state index >= 15 is 0 Å². The molecule has 14 heavy (non-hydrogen) atoms. The number of benzene rings is 1. The van der Waals surface area contributed by atoms with Crippen LogP contribution in [-0.4, -0.2) is 11.5 Å². The first-order chi connectivity index (χ1) is 6.65. The first kappa shape index (κ1) is 10.2. The second-order valence-corrected chi connectivity index (χ2v) is 2.76. The van der Waals surface area contributed by atoms with Gasteiger partial charge in [0.25, 0.3) is 5.69 Å². The molecule has 0 fully saturated rings. The third-order valence-corrected chi connectivity index (χ3v) is 1.74. The Balaban J connectivity index is 3.13. The number of nitrogens with zero attached hydrogens (tertiary/aromatic N) is 1. The Morgan fingerprint density at radius 2 is 2.29 bits per heavy atom. The van der Waals surface area contributed by atoms with E-state index in [-0.39, 0.29) is 12.2 Å². The van der Waals surface area contributed by atoms with Crippen LogP contribution in [0.25, 0.3) is 0 Å². The van der Waals surface area contributed by atoms with Gasteiger partial charge < -0.3 is 5.73 Å². The fraction of sp³-hybridized carbons (Fsp3) is 0.200. The van der Waals surface area contributed by atoms with Gasteiger partial charge in [-0.2, -0.15) is 0 Å². The second kappa shape index (κ2) is 4.40. The zero-order chi connectivity index (χ0) is 10.6. The minimum absolute atomic E-state index is 0.0915. The Labute approximate surface area is 81.9 Å². The van der Waals surface area contributed by atoms with Crippen LogP contribution in [0.2, 0.25) is 0 Å². The van der Waals surface area contributed by atoms with Gasteiger partial charge in [-0.1, -0.05) is 17.9 Å². The molecule has 0 heterocycles. The lowest BCUT2D eigenvalue weighted by molar-refractivity contribution is -0.385. The largest absolute Gasteiger partial charge is 0.320 e. The van der Waals surface area contributed by atoms with E-state index < -0.39 is 4.92 Å². The van der Waals surface area contributed by atoms with E-state index in [1.54, 1.807) is 19.1 Å². The maximum atomic E-state index is 10.6. The average Bonchev–Trinajstić information content (AvgIpc) is 2.16. The molecule has 0 bridgehead atoms. The highest BCUT2D eigenvalue weighted by Crippen LogP contribution is 2.18. The number of hydrogen-bond donors (Lipinski definition) is 1. The van der Waals surface area contributed by atoms with Crippen molar-refractivity contribution in [1.29, 1.82) is 0 Å². The Morgan fingerprint density at radius 1 is 1.57 bits per heavy atom. The molecule has 4 nitrogen and oxygen atoms in total. The van der Waals surface area contributed by atoms with E-state index in [0.717, 1.165) is 0 Å². The summed E-state index contributed by atoms with van der Waals surface area (Å²) in [6, 6.07) is 4.88. The van der Waals surface area contributed by atoms with Crippen molar-refractivity contribution in [3.8, 4) is 11.8 Å². The summed E-state index contributed by atoms with van der Waals surface area (Å²) in [4.78, 5) is 10.2. The van der Waals surface area contributed by atoms with Gasteiger partial charge in [-0.25, -0.2) is 0 Å². The topological polar surface area (TPSA) is 69.2 Å². The molecule has 1 aromatic carbocycles. The minimum Gasteiger partial charge on any atom is -0.320 e. The normalized spacial score (nSPS) is 9.00. The highest BCUT2D eigenvalue weighted by molar-refractivity contribution is 5.48. The molecule has 4 heteroatoms. The van der Waals surface area contributed by atoms with Gasteiger partial charge in [0.15, 0.2) is 0 Å². The monoisotopic (exact) mass is 190 g/mol. The highest BCUT2D eigenvalue weighted by atomic mass is 16.6. The molecule has 0 amide bonds. The van der Waals surface area contributed by atoms with Crippen LogP contribution in [0, 0.1) is 28.9 Å². The van der Waals surface area contributed by atoms with Crippen molar-refractivity contribution >= 4 is 5.69 Å². The van der Waals surface area contributed by atoms with Crippen molar-refractivity contribution < 1.29 is 4.92 Å². The first-order valence-electron chi connectivity index (χ1n) is 4.09. The van der Waals surface area contributed by atoms with E-state index in [1.807, 2.05) is 0 Å². The summed E-state index contributed by atoms with van der Waals surface area (Å²) in [7, 11) is 0. The van der Waals surface area contributed by atoms with E-state index in [0.29, 0.717) is 11.1 Å². The second-order valence-electron chi connectivity index (χ2n) is 2.76. The fourth-order valence-electron chi connectivity index (χ4n) is 1.04. The predicted molar refractivity (Wildman–Crippen MR) is 53.8 cm³/mol. The standard InChI is InChI=1S/C10H10N2O2/c1-8-4-5-9(3-2-6-11)7-10(8)12(13)14/h4-5,7H,6,11H2,1H3.